The molecule has 1 heterocycles. The van der Waals surface area contributed by atoms with Gasteiger partial charge in [-0.05, 0) is 24.6 Å². The maximum atomic E-state index is 12.3. The van der Waals surface area contributed by atoms with Gasteiger partial charge in [0.1, 0.15) is 0 Å². The summed E-state index contributed by atoms with van der Waals surface area (Å²) in [5, 5.41) is 5.74. The third-order valence-corrected chi connectivity index (χ3v) is 4.47. The number of thioether (sulfide) groups is 1. The molecule has 1 aliphatic rings. The van der Waals surface area contributed by atoms with Crippen molar-refractivity contribution in [1.29, 1.82) is 0 Å². The smallest absolute Gasteiger partial charge is 0.251 e. The predicted molar refractivity (Wildman–Crippen MR) is 85.6 cm³/mol. The summed E-state index contributed by atoms with van der Waals surface area (Å²) >= 11 is 1.48. The molecule has 0 fully saturated rings. The van der Waals surface area contributed by atoms with E-state index in [-0.39, 0.29) is 17.9 Å². The van der Waals surface area contributed by atoms with Crippen molar-refractivity contribution in [2.24, 2.45) is 5.73 Å². The van der Waals surface area contributed by atoms with Crippen LogP contribution in [0.2, 0.25) is 0 Å². The van der Waals surface area contributed by atoms with Crippen LogP contribution in [0.4, 0.5) is 5.69 Å². The molecule has 5 nitrogen and oxygen atoms in total. The number of amides is 2. The quantitative estimate of drug-likeness (QED) is 0.750. The van der Waals surface area contributed by atoms with Crippen molar-refractivity contribution in [3.05, 3.63) is 23.8 Å². The molecule has 1 unspecified atom stereocenters. The van der Waals surface area contributed by atoms with Crippen LogP contribution in [0.3, 0.4) is 0 Å². The Morgan fingerprint density at radius 3 is 3.05 bits per heavy atom. The van der Waals surface area contributed by atoms with Gasteiger partial charge in [-0.2, -0.15) is 0 Å². The van der Waals surface area contributed by atoms with Gasteiger partial charge in [0, 0.05) is 23.0 Å². The van der Waals surface area contributed by atoms with Crippen LogP contribution in [-0.2, 0) is 4.79 Å². The van der Waals surface area contributed by atoms with Crippen LogP contribution in [0, 0.1) is 0 Å². The lowest BCUT2D eigenvalue weighted by Gasteiger charge is -2.19. The molecule has 0 bridgehead atoms. The Bertz CT molecular complexity index is 534. The molecular weight excluding hydrogens is 286 g/mol. The van der Waals surface area contributed by atoms with Gasteiger partial charge < -0.3 is 16.4 Å². The van der Waals surface area contributed by atoms with Crippen molar-refractivity contribution < 1.29 is 9.59 Å². The monoisotopic (exact) mass is 307 g/mol. The summed E-state index contributed by atoms with van der Waals surface area (Å²) in [6.07, 6.45) is 3.00. The number of nitrogens with two attached hydrogens (primary N) is 1. The lowest BCUT2D eigenvalue weighted by molar-refractivity contribution is -0.113. The van der Waals surface area contributed by atoms with E-state index >= 15 is 0 Å². The number of anilines is 1. The molecule has 114 valence electrons. The third kappa shape index (κ3) is 4.22. The number of hydrogen-bond donors (Lipinski definition) is 3. The number of nitrogens with one attached hydrogen (secondary N) is 2. The van der Waals surface area contributed by atoms with Gasteiger partial charge in [-0.1, -0.05) is 19.8 Å². The normalized spacial score (nSPS) is 15.0. The number of rotatable bonds is 6. The molecule has 1 atom stereocenters. The molecular formula is C15H21N3O2S. The molecule has 6 heteroatoms. The largest absolute Gasteiger partial charge is 0.348 e. The number of benzene rings is 1. The zero-order valence-electron chi connectivity index (χ0n) is 12.1. The van der Waals surface area contributed by atoms with Gasteiger partial charge in [0.05, 0.1) is 11.4 Å². The maximum absolute atomic E-state index is 12.3. The molecule has 0 saturated heterocycles. The predicted octanol–water partition coefficient (Wildman–Crippen LogP) is 1.98. The fraction of sp³-hybridized carbons (Fsp3) is 0.467. The average Bonchev–Trinajstić information content (AvgIpc) is 2.50. The Kier molecular flexibility index (Phi) is 5.64. The molecule has 1 aromatic carbocycles. The van der Waals surface area contributed by atoms with Crippen LogP contribution in [0.25, 0.3) is 0 Å². The van der Waals surface area contributed by atoms with Crippen LogP contribution in [0.1, 0.15) is 36.5 Å². The summed E-state index contributed by atoms with van der Waals surface area (Å²) in [4.78, 5) is 24.7. The topological polar surface area (TPSA) is 84.2 Å². The van der Waals surface area contributed by atoms with E-state index in [9.17, 15) is 9.59 Å². The molecule has 0 spiro atoms. The molecule has 2 amide bonds. The van der Waals surface area contributed by atoms with E-state index in [1.165, 1.54) is 11.8 Å². The van der Waals surface area contributed by atoms with E-state index in [1.807, 2.05) is 6.07 Å². The second-order valence-electron chi connectivity index (χ2n) is 5.10. The Hall–Kier alpha value is -1.53. The minimum atomic E-state index is -0.144. The first-order chi connectivity index (χ1) is 10.1. The maximum Gasteiger partial charge on any atom is 0.251 e. The number of fused-ring (bicyclic) bond motifs is 1. The van der Waals surface area contributed by atoms with Gasteiger partial charge in [0.15, 0.2) is 0 Å². The van der Waals surface area contributed by atoms with Crippen molar-refractivity contribution in [3.63, 3.8) is 0 Å². The summed E-state index contributed by atoms with van der Waals surface area (Å²) in [6, 6.07) is 5.38. The fourth-order valence-corrected chi connectivity index (χ4v) is 2.98. The summed E-state index contributed by atoms with van der Waals surface area (Å²) in [6.45, 7) is 2.54. The van der Waals surface area contributed by atoms with Crippen molar-refractivity contribution in [3.8, 4) is 0 Å². The lowest BCUT2D eigenvalue weighted by Crippen LogP contribution is -2.40. The van der Waals surface area contributed by atoms with Gasteiger partial charge >= 0.3 is 0 Å². The zero-order chi connectivity index (χ0) is 15.2. The van der Waals surface area contributed by atoms with Gasteiger partial charge in [-0.25, -0.2) is 0 Å². The Morgan fingerprint density at radius 1 is 1.52 bits per heavy atom. The van der Waals surface area contributed by atoms with Crippen molar-refractivity contribution in [2.75, 3.05) is 17.6 Å². The zero-order valence-corrected chi connectivity index (χ0v) is 13.0. The number of unbranched alkanes of at least 4 members (excludes halogenated alkanes) is 1. The molecule has 4 N–H and O–H groups in total. The first-order valence-electron chi connectivity index (χ1n) is 7.21. The van der Waals surface area contributed by atoms with E-state index in [0.29, 0.717) is 23.5 Å². The van der Waals surface area contributed by atoms with Gasteiger partial charge in [0.2, 0.25) is 5.91 Å². The van der Waals surface area contributed by atoms with E-state index in [0.717, 1.165) is 24.2 Å². The fourth-order valence-electron chi connectivity index (χ4n) is 2.19. The Balaban J connectivity index is 2.05. The van der Waals surface area contributed by atoms with Crippen LogP contribution >= 0.6 is 11.8 Å². The highest BCUT2D eigenvalue weighted by Gasteiger charge is 2.18. The third-order valence-electron chi connectivity index (χ3n) is 3.40. The first-order valence-corrected chi connectivity index (χ1v) is 8.20. The molecule has 2 rings (SSSR count). The van der Waals surface area contributed by atoms with Crippen LogP contribution < -0.4 is 16.4 Å². The minimum Gasteiger partial charge on any atom is -0.348 e. The molecule has 0 aromatic heterocycles. The van der Waals surface area contributed by atoms with E-state index in [2.05, 4.69) is 17.6 Å². The summed E-state index contributed by atoms with van der Waals surface area (Å²) in [7, 11) is 0. The van der Waals surface area contributed by atoms with E-state index in [1.54, 1.807) is 12.1 Å². The van der Waals surface area contributed by atoms with E-state index in [4.69, 9.17) is 5.73 Å². The molecule has 21 heavy (non-hydrogen) atoms. The highest BCUT2D eigenvalue weighted by molar-refractivity contribution is 8.00. The molecule has 0 radical (unpaired) electrons. The standard InChI is InChI=1S/C15H21N3O2S/c1-2-3-4-11(8-16)17-15(20)10-5-6-13-12(7-10)18-14(19)9-21-13/h5-7,11H,2-4,8-9,16H2,1H3,(H,17,20)(H,18,19). The summed E-state index contributed by atoms with van der Waals surface area (Å²) in [5.74, 6) is 0.243. The van der Waals surface area contributed by atoms with Gasteiger partial charge in [0.25, 0.3) is 5.91 Å². The number of carbonyl (C=O) groups is 2. The van der Waals surface area contributed by atoms with Crippen molar-refractivity contribution >= 4 is 29.3 Å². The molecule has 1 aliphatic heterocycles. The highest BCUT2D eigenvalue weighted by atomic mass is 32.2. The Morgan fingerprint density at radius 2 is 2.33 bits per heavy atom. The number of carbonyl (C=O) groups excluding carboxylic acids is 2. The molecule has 0 saturated carbocycles. The van der Waals surface area contributed by atoms with Crippen LogP contribution in [0.5, 0.6) is 0 Å². The van der Waals surface area contributed by atoms with E-state index < -0.39 is 0 Å². The van der Waals surface area contributed by atoms with Crippen LogP contribution in [0.15, 0.2) is 23.1 Å². The first kappa shape index (κ1) is 15.9. The van der Waals surface area contributed by atoms with Crippen molar-refractivity contribution in [2.45, 2.75) is 37.1 Å². The molecule has 1 aromatic rings. The second kappa shape index (κ2) is 7.47. The highest BCUT2D eigenvalue weighted by Crippen LogP contribution is 2.31. The van der Waals surface area contributed by atoms with Crippen molar-refractivity contribution in [1.82, 2.24) is 5.32 Å². The second-order valence-corrected chi connectivity index (χ2v) is 6.11. The van der Waals surface area contributed by atoms with Crippen LogP contribution in [-0.4, -0.2) is 30.2 Å². The average molecular weight is 307 g/mol. The minimum absolute atomic E-state index is 0.00236. The SMILES string of the molecule is CCCCC(CN)NC(=O)c1ccc2c(c1)NC(=O)CS2. The summed E-state index contributed by atoms with van der Waals surface area (Å²) < 4.78 is 0. The van der Waals surface area contributed by atoms with Gasteiger partial charge in [-0.3, -0.25) is 9.59 Å². The lowest BCUT2D eigenvalue weighted by atomic mass is 10.1. The molecule has 0 aliphatic carbocycles. The number of hydrogen-bond acceptors (Lipinski definition) is 4. The summed E-state index contributed by atoms with van der Waals surface area (Å²) in [5.41, 5.74) is 6.95. The van der Waals surface area contributed by atoms with Gasteiger partial charge in [-0.15, -0.1) is 11.8 Å². The Labute approximate surface area is 129 Å².